The van der Waals surface area contributed by atoms with E-state index in [-0.39, 0.29) is 0 Å². The molecule has 0 radical (unpaired) electrons. The molecule has 0 saturated heterocycles. The number of hydrogen-bond donors (Lipinski definition) is 0. The number of ether oxygens (including phenoxy) is 1. The third-order valence-electron chi connectivity index (χ3n) is 2.28. The highest BCUT2D eigenvalue weighted by molar-refractivity contribution is 9.10. The predicted octanol–water partition coefficient (Wildman–Crippen LogP) is 4.16. The van der Waals surface area contributed by atoms with Crippen molar-refractivity contribution in [3.63, 3.8) is 0 Å². The molecule has 1 aromatic carbocycles. The Bertz CT molecular complexity index is 490. The summed E-state index contributed by atoms with van der Waals surface area (Å²) in [5.41, 5.74) is 1.86. The van der Waals surface area contributed by atoms with Crippen molar-refractivity contribution < 1.29 is 4.74 Å². The van der Waals surface area contributed by atoms with Crippen LogP contribution >= 0.6 is 27.5 Å². The standard InChI is InChI=1S/C13H11BrClNO/c14-12-6-3-4-10(8-15)13(12)17-9-11-5-1-2-7-16-11/h1-7H,8-9H2. The van der Waals surface area contributed by atoms with Crippen LogP contribution in [0.1, 0.15) is 11.3 Å². The van der Waals surface area contributed by atoms with Gasteiger partial charge < -0.3 is 4.74 Å². The summed E-state index contributed by atoms with van der Waals surface area (Å²) in [6, 6.07) is 11.6. The maximum atomic E-state index is 5.87. The minimum Gasteiger partial charge on any atom is -0.486 e. The molecule has 0 atom stereocenters. The second-order valence-electron chi connectivity index (χ2n) is 3.47. The smallest absolute Gasteiger partial charge is 0.138 e. The molecule has 2 rings (SSSR count). The van der Waals surface area contributed by atoms with E-state index in [1.54, 1.807) is 6.20 Å². The normalized spacial score (nSPS) is 10.2. The van der Waals surface area contributed by atoms with Crippen molar-refractivity contribution in [2.45, 2.75) is 12.5 Å². The van der Waals surface area contributed by atoms with E-state index < -0.39 is 0 Å². The van der Waals surface area contributed by atoms with Crippen LogP contribution in [0, 0.1) is 0 Å². The molecule has 0 saturated carbocycles. The minimum absolute atomic E-state index is 0.428. The zero-order valence-electron chi connectivity index (χ0n) is 9.07. The lowest BCUT2D eigenvalue weighted by molar-refractivity contribution is 0.297. The molecule has 4 heteroatoms. The quantitative estimate of drug-likeness (QED) is 0.791. The summed E-state index contributed by atoms with van der Waals surface area (Å²) in [6.07, 6.45) is 1.75. The summed E-state index contributed by atoms with van der Waals surface area (Å²) >= 11 is 9.33. The minimum atomic E-state index is 0.428. The van der Waals surface area contributed by atoms with Gasteiger partial charge in [-0.05, 0) is 34.1 Å². The topological polar surface area (TPSA) is 22.1 Å². The summed E-state index contributed by atoms with van der Waals surface area (Å²) in [6.45, 7) is 0.438. The summed E-state index contributed by atoms with van der Waals surface area (Å²) < 4.78 is 6.66. The van der Waals surface area contributed by atoms with E-state index in [1.807, 2.05) is 36.4 Å². The number of hydrogen-bond acceptors (Lipinski definition) is 2. The van der Waals surface area contributed by atoms with Gasteiger partial charge in [-0.2, -0.15) is 0 Å². The van der Waals surface area contributed by atoms with Gasteiger partial charge in [0.1, 0.15) is 12.4 Å². The van der Waals surface area contributed by atoms with Crippen LogP contribution in [0.15, 0.2) is 47.1 Å². The monoisotopic (exact) mass is 311 g/mol. The molecule has 0 aliphatic carbocycles. The van der Waals surface area contributed by atoms with E-state index in [4.69, 9.17) is 16.3 Å². The van der Waals surface area contributed by atoms with Crippen molar-refractivity contribution in [1.29, 1.82) is 0 Å². The van der Waals surface area contributed by atoms with Crippen molar-refractivity contribution in [2.75, 3.05) is 0 Å². The lowest BCUT2D eigenvalue weighted by Gasteiger charge is -2.11. The molecule has 0 unspecified atom stereocenters. The number of para-hydroxylation sites is 1. The third kappa shape index (κ3) is 3.20. The van der Waals surface area contributed by atoms with Crippen LogP contribution in [0.25, 0.3) is 0 Å². The number of rotatable bonds is 4. The molecular weight excluding hydrogens is 302 g/mol. The molecule has 0 N–H and O–H groups in total. The first-order valence-electron chi connectivity index (χ1n) is 5.17. The average molecular weight is 313 g/mol. The van der Waals surface area contributed by atoms with Gasteiger partial charge in [0.15, 0.2) is 0 Å². The van der Waals surface area contributed by atoms with Crippen LogP contribution in [-0.2, 0) is 12.5 Å². The first-order valence-corrected chi connectivity index (χ1v) is 6.50. The second kappa shape index (κ2) is 6.03. The first kappa shape index (κ1) is 12.4. The van der Waals surface area contributed by atoms with E-state index in [9.17, 15) is 0 Å². The zero-order valence-corrected chi connectivity index (χ0v) is 11.4. The van der Waals surface area contributed by atoms with E-state index in [2.05, 4.69) is 20.9 Å². The highest BCUT2D eigenvalue weighted by Gasteiger charge is 2.07. The molecule has 0 spiro atoms. The molecule has 0 bridgehead atoms. The van der Waals surface area contributed by atoms with Crippen LogP contribution in [0.3, 0.4) is 0 Å². The highest BCUT2D eigenvalue weighted by atomic mass is 79.9. The third-order valence-corrected chi connectivity index (χ3v) is 3.20. The number of nitrogens with zero attached hydrogens (tertiary/aromatic N) is 1. The van der Waals surface area contributed by atoms with E-state index >= 15 is 0 Å². The van der Waals surface area contributed by atoms with Crippen molar-refractivity contribution in [1.82, 2.24) is 4.98 Å². The van der Waals surface area contributed by atoms with Gasteiger partial charge in [-0.1, -0.05) is 18.2 Å². The van der Waals surface area contributed by atoms with Crippen molar-refractivity contribution in [3.8, 4) is 5.75 Å². The second-order valence-corrected chi connectivity index (χ2v) is 4.59. The summed E-state index contributed by atoms with van der Waals surface area (Å²) in [7, 11) is 0. The van der Waals surface area contributed by atoms with Gasteiger partial charge in [0.05, 0.1) is 16.0 Å². The van der Waals surface area contributed by atoms with Gasteiger partial charge in [0, 0.05) is 11.8 Å². The Labute approximate surface area is 114 Å². The van der Waals surface area contributed by atoms with Crippen LogP contribution in [0.5, 0.6) is 5.75 Å². The van der Waals surface area contributed by atoms with Gasteiger partial charge >= 0.3 is 0 Å². The van der Waals surface area contributed by atoms with Gasteiger partial charge in [-0.25, -0.2) is 0 Å². The Morgan fingerprint density at radius 1 is 1.18 bits per heavy atom. The van der Waals surface area contributed by atoms with Crippen molar-refractivity contribution >= 4 is 27.5 Å². The fourth-order valence-corrected chi connectivity index (χ4v) is 2.18. The number of pyridine rings is 1. The molecule has 2 nitrogen and oxygen atoms in total. The van der Waals surface area contributed by atoms with Crippen LogP contribution in [-0.4, -0.2) is 4.98 Å². The Hall–Kier alpha value is -1.06. The number of benzene rings is 1. The number of halogens is 2. The van der Waals surface area contributed by atoms with Crippen LogP contribution in [0.2, 0.25) is 0 Å². The van der Waals surface area contributed by atoms with Crippen molar-refractivity contribution in [2.24, 2.45) is 0 Å². The molecule has 1 heterocycles. The molecule has 2 aromatic rings. The van der Waals surface area contributed by atoms with Gasteiger partial charge in [-0.15, -0.1) is 11.6 Å². The molecule has 0 aliphatic heterocycles. The first-order chi connectivity index (χ1) is 8.31. The fourth-order valence-electron chi connectivity index (χ4n) is 1.45. The average Bonchev–Trinajstić information content (AvgIpc) is 2.38. The summed E-state index contributed by atoms with van der Waals surface area (Å²) in [5.74, 6) is 1.21. The molecule has 0 fully saturated rings. The summed E-state index contributed by atoms with van der Waals surface area (Å²) in [5, 5.41) is 0. The molecule has 0 amide bonds. The molecule has 17 heavy (non-hydrogen) atoms. The molecule has 0 aliphatic rings. The lowest BCUT2D eigenvalue weighted by atomic mass is 10.2. The SMILES string of the molecule is ClCc1cccc(Br)c1OCc1ccccn1. The maximum absolute atomic E-state index is 5.87. The van der Waals surface area contributed by atoms with Gasteiger partial charge in [0.2, 0.25) is 0 Å². The Balaban J connectivity index is 2.14. The van der Waals surface area contributed by atoms with Crippen molar-refractivity contribution in [3.05, 3.63) is 58.3 Å². The molecule has 88 valence electrons. The largest absolute Gasteiger partial charge is 0.486 e. The fraction of sp³-hybridized carbons (Fsp3) is 0.154. The van der Waals surface area contributed by atoms with E-state index in [0.29, 0.717) is 12.5 Å². The zero-order chi connectivity index (χ0) is 12.1. The Morgan fingerprint density at radius 2 is 2.06 bits per heavy atom. The maximum Gasteiger partial charge on any atom is 0.138 e. The van der Waals surface area contributed by atoms with Gasteiger partial charge in [-0.3, -0.25) is 4.98 Å². The Kier molecular flexibility index (Phi) is 4.40. The molecule has 1 aromatic heterocycles. The molecular formula is C13H11BrClNO. The Morgan fingerprint density at radius 3 is 2.76 bits per heavy atom. The van der Waals surface area contributed by atoms with Gasteiger partial charge in [0.25, 0.3) is 0 Å². The lowest BCUT2D eigenvalue weighted by Crippen LogP contribution is -2.00. The van der Waals surface area contributed by atoms with E-state index in [1.165, 1.54) is 0 Å². The predicted molar refractivity (Wildman–Crippen MR) is 72.3 cm³/mol. The number of alkyl halides is 1. The summed E-state index contributed by atoms with van der Waals surface area (Å²) in [4.78, 5) is 4.21. The van der Waals surface area contributed by atoms with Crippen LogP contribution in [0.4, 0.5) is 0 Å². The van der Waals surface area contributed by atoms with Crippen LogP contribution < -0.4 is 4.74 Å². The highest BCUT2D eigenvalue weighted by Crippen LogP contribution is 2.30. The van der Waals surface area contributed by atoms with E-state index in [0.717, 1.165) is 21.5 Å². The number of aromatic nitrogens is 1.